The van der Waals surface area contributed by atoms with Crippen LogP contribution in [0, 0.1) is 0 Å². The van der Waals surface area contributed by atoms with Gasteiger partial charge in [-0.15, -0.1) is 0 Å². The van der Waals surface area contributed by atoms with Crippen molar-refractivity contribution in [2.75, 3.05) is 31.8 Å². The molecule has 6 rings (SSSR count). The van der Waals surface area contributed by atoms with Crippen LogP contribution in [0.4, 0.5) is 11.8 Å². The van der Waals surface area contributed by atoms with E-state index >= 15 is 0 Å². The highest BCUT2D eigenvalue weighted by molar-refractivity contribution is 7.45. The van der Waals surface area contributed by atoms with Crippen LogP contribution in [-0.2, 0) is 32.6 Å². The zero-order chi connectivity index (χ0) is 32.9. The molecule has 4 aromatic rings. The predicted octanol–water partition coefficient (Wildman–Crippen LogP) is -2.05. The molecule has 2 saturated heterocycles. The van der Waals surface area contributed by atoms with Gasteiger partial charge in [0.05, 0.1) is 32.0 Å². The van der Waals surface area contributed by atoms with Crippen molar-refractivity contribution in [1.29, 1.82) is 0 Å². The minimum absolute atomic E-state index is 0.0317. The van der Waals surface area contributed by atoms with E-state index in [0.717, 1.165) is 0 Å². The fraction of sp³-hybridized carbons (Fsp3) is 0.583. The topological polar surface area (TPSA) is 295 Å². The van der Waals surface area contributed by atoms with E-state index in [1.165, 1.54) is 35.2 Å². The lowest BCUT2D eigenvalue weighted by Gasteiger charge is -2.31. The number of hydrogen-bond acceptors (Lipinski definition) is 18. The van der Waals surface area contributed by atoms with Crippen molar-refractivity contribution < 1.29 is 47.7 Å². The third-order valence-corrected chi connectivity index (χ3v) is 8.48. The number of aliphatic hydroxyl groups is 2. The van der Waals surface area contributed by atoms with E-state index in [4.69, 9.17) is 39.5 Å². The second-order valence-corrected chi connectivity index (χ2v) is 12.2. The highest BCUT2D eigenvalue weighted by Gasteiger charge is 2.50. The van der Waals surface area contributed by atoms with Crippen LogP contribution in [0.2, 0.25) is 0 Å². The first-order valence-electron chi connectivity index (χ1n) is 14.0. The summed E-state index contributed by atoms with van der Waals surface area (Å²) in [6, 6.07) is 0. The van der Waals surface area contributed by atoms with Crippen molar-refractivity contribution in [2.24, 2.45) is 0 Å². The van der Waals surface area contributed by atoms with E-state index in [9.17, 15) is 24.5 Å². The highest BCUT2D eigenvalue weighted by atomic mass is 31.2. The van der Waals surface area contributed by atoms with Crippen molar-refractivity contribution in [2.45, 2.75) is 69.0 Å². The van der Waals surface area contributed by atoms with E-state index in [1.807, 2.05) is 0 Å². The third kappa shape index (κ3) is 5.86. The van der Waals surface area contributed by atoms with Gasteiger partial charge in [0, 0.05) is 7.11 Å². The second kappa shape index (κ2) is 12.5. The zero-order valence-corrected chi connectivity index (χ0v) is 25.5. The maximum Gasteiger partial charge on any atom is 0.280 e. The third-order valence-electron chi connectivity index (χ3n) is 7.51. The SMILES string of the molecule is COC1[C@@H](OP(=O)([O-])OC[C@H]2O[C@@H](n3cnc4c(=O)[nH]c(N)nc43)C(O)[C@H]2OC(C)C)[C@@H](CO)O[C@H]1n1cnc2c(N)ncnc21. The van der Waals surface area contributed by atoms with Gasteiger partial charge in [-0.2, -0.15) is 4.98 Å². The fourth-order valence-corrected chi connectivity index (χ4v) is 6.50. The molecule has 6 heterocycles. The summed E-state index contributed by atoms with van der Waals surface area (Å²) in [7, 11) is -3.86. The Kier molecular flexibility index (Phi) is 8.80. The number of aromatic amines is 1. The van der Waals surface area contributed by atoms with Crippen LogP contribution in [-0.4, -0.2) is 112 Å². The van der Waals surface area contributed by atoms with Crippen LogP contribution in [0.5, 0.6) is 0 Å². The molecular weight excluding hydrogens is 635 g/mol. The lowest BCUT2D eigenvalue weighted by atomic mass is 10.1. The number of nitrogens with zero attached hydrogens (tertiary/aromatic N) is 7. The summed E-state index contributed by atoms with van der Waals surface area (Å²) in [5, 5.41) is 21.2. The van der Waals surface area contributed by atoms with Crippen molar-refractivity contribution in [1.82, 2.24) is 39.0 Å². The Hall–Kier alpha value is -3.63. The second-order valence-electron chi connectivity index (χ2n) is 10.8. The maximum atomic E-state index is 13.2. The van der Waals surface area contributed by atoms with E-state index in [2.05, 4.69) is 29.9 Å². The first-order valence-corrected chi connectivity index (χ1v) is 15.5. The van der Waals surface area contributed by atoms with Crippen LogP contribution >= 0.6 is 7.82 Å². The summed E-state index contributed by atoms with van der Waals surface area (Å²) in [5.74, 6) is -0.0606. The molecule has 3 unspecified atom stereocenters. The number of hydrogen-bond donors (Lipinski definition) is 5. The number of imidazole rings is 2. The number of nitrogens with two attached hydrogens (primary N) is 2. The number of ether oxygens (including phenoxy) is 4. The molecule has 22 heteroatoms. The molecule has 0 aromatic carbocycles. The Morgan fingerprint density at radius 1 is 1.04 bits per heavy atom. The molecule has 0 saturated carbocycles. The minimum Gasteiger partial charge on any atom is -0.756 e. The van der Waals surface area contributed by atoms with Crippen molar-refractivity contribution in [3.8, 4) is 0 Å². The molecule has 4 aromatic heterocycles. The van der Waals surface area contributed by atoms with Gasteiger partial charge in [-0.25, -0.2) is 19.9 Å². The standard InChI is InChI=1S/C24H33N10O11P/c1-9(2)42-15-11(44-22(14(15)36)34-8-30-13-20(34)31-24(26)32-21(13)37)5-41-46(38,39)45-16-10(4-35)43-23(17(16)40-3)33-7-29-12-18(25)27-6-28-19(12)33/h6-11,14-17,22-23,35-36H,4-5H2,1-3H3,(H,38,39)(H2,25,27,28)(H3,26,31,32,37)/p-1/t10-,11-,14?,15+,16+,17?,22-,23-/m1/s1. The lowest BCUT2D eigenvalue weighted by Crippen LogP contribution is -2.40. The number of nitrogen functional groups attached to an aromatic ring is 2. The van der Waals surface area contributed by atoms with Gasteiger partial charge in [-0.1, -0.05) is 0 Å². The number of aromatic nitrogens is 8. The Morgan fingerprint density at radius 3 is 2.43 bits per heavy atom. The fourth-order valence-electron chi connectivity index (χ4n) is 5.55. The van der Waals surface area contributed by atoms with Crippen LogP contribution in [0.1, 0.15) is 26.3 Å². The Labute approximate surface area is 259 Å². The smallest absolute Gasteiger partial charge is 0.280 e. The van der Waals surface area contributed by atoms with Gasteiger partial charge >= 0.3 is 0 Å². The number of phosphoric acid groups is 1. The van der Waals surface area contributed by atoms with Crippen LogP contribution in [0.3, 0.4) is 0 Å². The molecule has 0 radical (unpaired) electrons. The first kappa shape index (κ1) is 32.3. The van der Waals surface area contributed by atoms with Crippen LogP contribution in [0.15, 0.2) is 23.8 Å². The van der Waals surface area contributed by atoms with Crippen LogP contribution in [0.25, 0.3) is 22.3 Å². The van der Waals surface area contributed by atoms with E-state index < -0.39 is 81.8 Å². The number of aliphatic hydroxyl groups excluding tert-OH is 2. The molecule has 7 N–H and O–H groups in total. The summed E-state index contributed by atoms with van der Waals surface area (Å²) < 4.78 is 49.8. The van der Waals surface area contributed by atoms with E-state index in [1.54, 1.807) is 13.8 Å². The molecule has 0 amide bonds. The molecule has 9 atom stereocenters. The molecule has 2 aliphatic rings. The van der Waals surface area contributed by atoms with Crippen molar-refractivity contribution in [3.05, 3.63) is 29.3 Å². The number of anilines is 2. The number of rotatable bonds is 11. The van der Waals surface area contributed by atoms with Crippen molar-refractivity contribution >= 4 is 41.9 Å². The van der Waals surface area contributed by atoms with Gasteiger partial charge in [-0.3, -0.25) is 23.5 Å². The van der Waals surface area contributed by atoms with Gasteiger partial charge in [0.1, 0.15) is 48.5 Å². The van der Waals surface area contributed by atoms with Gasteiger partial charge < -0.3 is 54.6 Å². The summed E-state index contributed by atoms with van der Waals surface area (Å²) in [6.07, 6.45) is -6.01. The predicted molar refractivity (Wildman–Crippen MR) is 152 cm³/mol. The maximum absolute atomic E-state index is 13.2. The monoisotopic (exact) mass is 667 g/mol. The van der Waals surface area contributed by atoms with Crippen LogP contribution < -0.4 is 21.9 Å². The van der Waals surface area contributed by atoms with E-state index in [0.29, 0.717) is 0 Å². The largest absolute Gasteiger partial charge is 0.756 e. The van der Waals surface area contributed by atoms with Gasteiger partial charge in [0.25, 0.3) is 13.4 Å². The average Bonchev–Trinajstić information content (AvgIpc) is 3.76. The zero-order valence-electron chi connectivity index (χ0n) is 24.6. The molecule has 0 spiro atoms. The highest BCUT2D eigenvalue weighted by Crippen LogP contribution is 2.47. The molecule has 2 fully saturated rings. The summed E-state index contributed by atoms with van der Waals surface area (Å²) in [5.41, 5.74) is 11.5. The minimum atomic E-state index is -5.17. The summed E-state index contributed by atoms with van der Waals surface area (Å²) in [6.45, 7) is 2.16. The number of nitrogens with one attached hydrogen (secondary N) is 1. The normalized spacial score (nSPS) is 29.7. The number of methoxy groups -OCH3 is 1. The molecule has 46 heavy (non-hydrogen) atoms. The average molecular weight is 668 g/mol. The van der Waals surface area contributed by atoms with Gasteiger partial charge in [0.2, 0.25) is 5.95 Å². The first-order chi connectivity index (χ1) is 21.9. The number of phosphoric ester groups is 1. The summed E-state index contributed by atoms with van der Waals surface area (Å²) >= 11 is 0. The molecule has 0 bridgehead atoms. The quantitative estimate of drug-likeness (QED) is 0.108. The number of fused-ring (bicyclic) bond motifs is 2. The molecule has 2 aliphatic heterocycles. The Bertz CT molecular complexity index is 1820. The van der Waals surface area contributed by atoms with Crippen molar-refractivity contribution in [3.63, 3.8) is 0 Å². The Balaban J connectivity index is 1.20. The molecular formula is C24H32N10O11P-. The molecule has 0 aliphatic carbocycles. The molecule has 250 valence electrons. The van der Waals surface area contributed by atoms with Gasteiger partial charge in [-0.05, 0) is 13.8 Å². The van der Waals surface area contributed by atoms with E-state index in [-0.39, 0.29) is 34.1 Å². The lowest BCUT2D eigenvalue weighted by molar-refractivity contribution is -0.237. The number of H-pyrrole nitrogens is 1. The Morgan fingerprint density at radius 2 is 1.74 bits per heavy atom. The van der Waals surface area contributed by atoms with Gasteiger partial charge in [0.15, 0.2) is 35.1 Å². The summed E-state index contributed by atoms with van der Waals surface area (Å²) in [4.78, 5) is 48.2. The molecule has 21 nitrogen and oxygen atoms in total.